The maximum absolute atomic E-state index is 13.6. The number of benzene rings is 1. The van der Waals surface area contributed by atoms with E-state index in [0.717, 1.165) is 37.5 Å². The number of nitro groups is 1. The van der Waals surface area contributed by atoms with Crippen molar-refractivity contribution in [2.45, 2.75) is 50.4 Å². The summed E-state index contributed by atoms with van der Waals surface area (Å²) in [6, 6.07) is 4.33. The average Bonchev–Trinajstić information content (AvgIpc) is 3.01. The molecule has 0 aromatic heterocycles. The maximum Gasteiger partial charge on any atom is 0.438 e. The Morgan fingerprint density at radius 1 is 1.30 bits per heavy atom. The number of hydrazone groups is 1. The lowest BCUT2D eigenvalue weighted by Crippen LogP contribution is -2.56. The summed E-state index contributed by atoms with van der Waals surface area (Å²) in [5.41, 5.74) is -4.09. The molecule has 2 aliphatic rings. The highest BCUT2D eigenvalue weighted by Crippen LogP contribution is 2.43. The Morgan fingerprint density at radius 2 is 1.96 bits per heavy atom. The third-order valence-electron chi connectivity index (χ3n) is 5.03. The Labute approximate surface area is 152 Å². The first-order chi connectivity index (χ1) is 12.6. The molecule has 0 bridgehead atoms. The van der Waals surface area contributed by atoms with Crippen LogP contribution in [0.25, 0.3) is 0 Å². The van der Waals surface area contributed by atoms with Crippen LogP contribution in [0, 0.1) is 16.0 Å². The number of carbonyl (C=O) groups is 1. The summed E-state index contributed by atoms with van der Waals surface area (Å²) in [7, 11) is 0. The molecule has 3 rings (SSSR count). The van der Waals surface area contributed by atoms with Crippen LogP contribution in [0.5, 0.6) is 0 Å². The van der Waals surface area contributed by atoms with Crippen LogP contribution in [-0.4, -0.2) is 38.6 Å². The zero-order valence-electron chi connectivity index (χ0n) is 14.3. The van der Waals surface area contributed by atoms with E-state index in [1.807, 2.05) is 0 Å². The Morgan fingerprint density at radius 3 is 2.56 bits per heavy atom. The summed E-state index contributed by atoms with van der Waals surface area (Å²) in [5, 5.41) is 25.1. The van der Waals surface area contributed by atoms with Gasteiger partial charge in [0.1, 0.15) is 0 Å². The van der Waals surface area contributed by atoms with Gasteiger partial charge in [0, 0.05) is 29.8 Å². The van der Waals surface area contributed by atoms with Gasteiger partial charge < -0.3 is 5.11 Å². The lowest BCUT2D eigenvalue weighted by Gasteiger charge is -2.32. The van der Waals surface area contributed by atoms with E-state index in [1.54, 1.807) is 0 Å². The Kier molecular flexibility index (Phi) is 4.94. The maximum atomic E-state index is 13.6. The van der Waals surface area contributed by atoms with Gasteiger partial charge in [0.15, 0.2) is 0 Å². The van der Waals surface area contributed by atoms with Gasteiger partial charge in [-0.05, 0) is 24.8 Å². The number of amides is 1. The number of halogens is 3. The smallest absolute Gasteiger partial charge is 0.362 e. The second kappa shape index (κ2) is 6.91. The van der Waals surface area contributed by atoms with Crippen molar-refractivity contribution in [3.8, 4) is 0 Å². The second-order valence-corrected chi connectivity index (χ2v) is 6.84. The number of carbonyl (C=O) groups excluding carboxylic acids is 1. The van der Waals surface area contributed by atoms with Gasteiger partial charge in [-0.25, -0.2) is 0 Å². The van der Waals surface area contributed by atoms with Crippen molar-refractivity contribution in [3.05, 3.63) is 39.9 Å². The SMILES string of the molecule is O=C(c1cccc([N+](=O)[O-])c1)N1N=C(C2CCCCC2)C[C@@]1(O)C(F)(F)F. The lowest BCUT2D eigenvalue weighted by molar-refractivity contribution is -0.384. The first-order valence-corrected chi connectivity index (χ1v) is 8.59. The van der Waals surface area contributed by atoms with E-state index in [1.165, 1.54) is 6.07 Å². The van der Waals surface area contributed by atoms with E-state index < -0.39 is 34.8 Å². The van der Waals surface area contributed by atoms with Crippen LogP contribution in [0.15, 0.2) is 29.4 Å². The molecule has 0 radical (unpaired) electrons. The molecular formula is C17H18F3N3O4. The van der Waals surface area contributed by atoms with Gasteiger partial charge in [0.05, 0.1) is 4.92 Å². The van der Waals surface area contributed by atoms with Crippen molar-refractivity contribution >= 4 is 17.3 Å². The molecule has 146 valence electrons. The number of rotatable bonds is 3. The highest BCUT2D eigenvalue weighted by molar-refractivity contribution is 5.99. The minimum absolute atomic E-state index is 0.0377. The van der Waals surface area contributed by atoms with Crippen molar-refractivity contribution in [2.24, 2.45) is 11.0 Å². The van der Waals surface area contributed by atoms with Gasteiger partial charge >= 0.3 is 6.18 Å². The van der Waals surface area contributed by atoms with Crippen molar-refractivity contribution in [3.63, 3.8) is 0 Å². The summed E-state index contributed by atoms with van der Waals surface area (Å²) in [4.78, 5) is 22.8. The zero-order chi connectivity index (χ0) is 19.8. The van der Waals surface area contributed by atoms with E-state index in [4.69, 9.17) is 0 Å². The van der Waals surface area contributed by atoms with E-state index in [2.05, 4.69) is 5.10 Å². The molecule has 0 spiro atoms. The van der Waals surface area contributed by atoms with E-state index in [9.17, 15) is 33.2 Å². The first-order valence-electron chi connectivity index (χ1n) is 8.59. The van der Waals surface area contributed by atoms with Gasteiger partial charge in [-0.3, -0.25) is 14.9 Å². The molecular weight excluding hydrogens is 367 g/mol. The van der Waals surface area contributed by atoms with E-state index in [-0.39, 0.29) is 22.2 Å². The molecule has 10 heteroatoms. The zero-order valence-corrected chi connectivity index (χ0v) is 14.3. The fourth-order valence-corrected chi connectivity index (χ4v) is 3.54. The van der Waals surface area contributed by atoms with Crippen LogP contribution < -0.4 is 0 Å². The quantitative estimate of drug-likeness (QED) is 0.635. The topological polar surface area (TPSA) is 96.0 Å². The molecule has 1 atom stereocenters. The number of non-ortho nitro benzene ring substituents is 1. The van der Waals surface area contributed by atoms with Gasteiger partial charge in [-0.2, -0.15) is 23.3 Å². The van der Waals surface area contributed by atoms with Gasteiger partial charge in [-0.15, -0.1) is 0 Å². The van der Waals surface area contributed by atoms with E-state index >= 15 is 0 Å². The molecule has 0 saturated heterocycles. The van der Waals surface area contributed by atoms with Crippen LogP contribution in [-0.2, 0) is 0 Å². The number of nitrogens with zero attached hydrogens (tertiary/aromatic N) is 3. The van der Waals surface area contributed by atoms with Crippen LogP contribution in [0.4, 0.5) is 18.9 Å². The molecule has 1 amide bonds. The predicted molar refractivity (Wildman–Crippen MR) is 88.9 cm³/mol. The Hall–Kier alpha value is -2.49. The molecule has 27 heavy (non-hydrogen) atoms. The van der Waals surface area contributed by atoms with Crippen LogP contribution in [0.2, 0.25) is 0 Å². The number of nitro benzene ring substituents is 1. The van der Waals surface area contributed by atoms with Crippen LogP contribution >= 0.6 is 0 Å². The largest absolute Gasteiger partial charge is 0.438 e. The minimum atomic E-state index is -5.12. The summed E-state index contributed by atoms with van der Waals surface area (Å²) in [6.45, 7) is 0. The highest BCUT2D eigenvalue weighted by Gasteiger charge is 2.63. The van der Waals surface area contributed by atoms with Gasteiger partial charge in [0.25, 0.3) is 17.3 Å². The van der Waals surface area contributed by atoms with Crippen molar-refractivity contribution in [2.75, 3.05) is 0 Å². The fourth-order valence-electron chi connectivity index (χ4n) is 3.54. The standard InChI is InChI=1S/C17H18F3N3O4/c18-17(19,20)16(25)10-14(11-5-2-1-3-6-11)21-22(16)15(24)12-7-4-8-13(9-12)23(26)27/h4,7-9,11,25H,1-3,5-6,10H2/t16-/m1/s1. The van der Waals surface area contributed by atoms with Crippen LogP contribution in [0.3, 0.4) is 0 Å². The van der Waals surface area contributed by atoms with Crippen LogP contribution in [0.1, 0.15) is 48.9 Å². The normalized spacial score (nSPS) is 24.0. The van der Waals surface area contributed by atoms with Crippen molar-refractivity contribution in [1.82, 2.24) is 5.01 Å². The Bertz CT molecular complexity index is 790. The third kappa shape index (κ3) is 3.53. The molecule has 1 aliphatic heterocycles. The highest BCUT2D eigenvalue weighted by atomic mass is 19.4. The molecule has 1 N–H and O–H groups in total. The van der Waals surface area contributed by atoms with Gasteiger partial charge in [0.2, 0.25) is 0 Å². The predicted octanol–water partition coefficient (Wildman–Crippen LogP) is 3.63. The van der Waals surface area contributed by atoms with Crippen molar-refractivity contribution < 1.29 is 28.0 Å². The number of hydrogen-bond donors (Lipinski definition) is 1. The second-order valence-electron chi connectivity index (χ2n) is 6.84. The third-order valence-corrected chi connectivity index (χ3v) is 5.03. The molecule has 1 fully saturated rings. The molecule has 1 aromatic rings. The average molecular weight is 385 g/mol. The first kappa shape index (κ1) is 19.3. The molecule has 0 unspecified atom stereocenters. The molecule has 1 aromatic carbocycles. The summed E-state index contributed by atoms with van der Waals surface area (Å²) >= 11 is 0. The lowest BCUT2D eigenvalue weighted by atomic mass is 9.83. The van der Waals surface area contributed by atoms with Crippen molar-refractivity contribution in [1.29, 1.82) is 0 Å². The monoisotopic (exact) mass is 385 g/mol. The minimum Gasteiger partial charge on any atom is -0.362 e. The number of hydrogen-bond acceptors (Lipinski definition) is 5. The summed E-state index contributed by atoms with van der Waals surface area (Å²) in [6.07, 6.45) is -1.91. The number of alkyl halides is 3. The van der Waals surface area contributed by atoms with E-state index in [0.29, 0.717) is 12.8 Å². The molecule has 7 nitrogen and oxygen atoms in total. The fraction of sp³-hybridized carbons (Fsp3) is 0.529. The summed E-state index contributed by atoms with van der Waals surface area (Å²) < 4.78 is 40.8. The molecule has 1 heterocycles. The van der Waals surface area contributed by atoms with Gasteiger partial charge in [-0.1, -0.05) is 25.3 Å². The molecule has 1 saturated carbocycles. The number of aliphatic hydroxyl groups is 1. The summed E-state index contributed by atoms with van der Waals surface area (Å²) in [5.74, 6) is -1.44. The Balaban J connectivity index is 1.97. The molecule has 1 aliphatic carbocycles.